The number of allylic oxidation sites excluding steroid dienone is 2. The summed E-state index contributed by atoms with van der Waals surface area (Å²) in [5.41, 5.74) is 0. The summed E-state index contributed by atoms with van der Waals surface area (Å²) in [6.07, 6.45) is -55.5. The minimum atomic E-state index is -5.24. The van der Waals surface area contributed by atoms with Crippen LogP contribution >= 0.6 is 7.82 Å². The predicted octanol–water partition coefficient (Wildman–Crippen LogP) is 11.8. The molecule has 308 valence electrons. The number of nitrogens with zero attached hydrogens (tertiary/aromatic N) is 1. The van der Waals surface area contributed by atoms with Gasteiger partial charge in [-0.2, -0.15) is 0 Å². The molecule has 1 N–H and O–H groups in total. The van der Waals surface area contributed by atoms with Gasteiger partial charge in [0.05, 0.1) is 27.7 Å². The van der Waals surface area contributed by atoms with E-state index in [9.17, 15) is 19.0 Å². The highest BCUT2D eigenvalue weighted by Gasteiger charge is 2.27. The molecule has 0 aliphatic carbocycles. The van der Waals surface area contributed by atoms with E-state index >= 15 is 0 Å². The van der Waals surface area contributed by atoms with Gasteiger partial charge in [-0.05, 0) is 38.5 Å². The molecule has 9 nitrogen and oxygen atoms in total. The van der Waals surface area contributed by atoms with Crippen LogP contribution in [0.1, 0.15) is 235 Å². The molecule has 0 aliphatic heterocycles. The Morgan fingerprint density at radius 3 is 1.79 bits per heavy atom. The molecular weight excluding hydrogens is 677 g/mol. The normalized spacial score (nSPS) is 26.7. The second kappa shape index (κ2) is 35.5. The number of quaternary nitrogens is 1. The van der Waals surface area contributed by atoms with Crippen molar-refractivity contribution in [3.05, 3.63) is 12.2 Å². The number of carbonyl (C=O) groups excluding carboxylic acids is 2. The lowest BCUT2D eigenvalue weighted by Crippen LogP contribution is -2.37. The van der Waals surface area contributed by atoms with Crippen molar-refractivity contribution in [2.45, 2.75) is 199 Å². The van der Waals surface area contributed by atoms with E-state index in [-0.39, 0.29) is 30.5 Å². The number of hydrogen-bond donors (Lipinski definition) is 1. The second-order valence-corrected chi connectivity index (χ2v) is 13.9. The average Bonchev–Trinajstić information content (AvgIpc) is 3.31. The van der Waals surface area contributed by atoms with Crippen LogP contribution in [0, 0.1) is 0 Å². The van der Waals surface area contributed by atoms with E-state index in [0.717, 1.165) is 38.5 Å². The summed E-state index contributed by atoms with van der Waals surface area (Å²) < 4.78 is 287. The molecule has 0 saturated heterocycles. The van der Waals surface area contributed by atoms with Crippen LogP contribution in [0.4, 0.5) is 0 Å². The highest BCUT2D eigenvalue weighted by atomic mass is 31.2. The maximum Gasteiger partial charge on any atom is 0.472 e. The third-order valence-corrected chi connectivity index (χ3v) is 7.68. The molecule has 0 aromatic carbocycles. The van der Waals surface area contributed by atoms with E-state index in [1.54, 1.807) is 21.1 Å². The van der Waals surface area contributed by atoms with Gasteiger partial charge < -0.3 is 18.9 Å². The van der Waals surface area contributed by atoms with Crippen molar-refractivity contribution in [2.24, 2.45) is 0 Å². The first-order valence-corrected chi connectivity index (χ1v) is 19.1. The predicted molar refractivity (Wildman–Crippen MR) is 215 cm³/mol. The summed E-state index contributed by atoms with van der Waals surface area (Å²) in [4.78, 5) is 36.8. The molecule has 2 atom stereocenters. The number of esters is 2. The highest BCUT2D eigenvalue weighted by Crippen LogP contribution is 2.43. The number of ether oxygens (including phenoxy) is 2. The fourth-order valence-corrected chi connectivity index (χ4v) is 4.72. The van der Waals surface area contributed by atoms with Gasteiger partial charge in [-0.1, -0.05) is 154 Å². The number of likely N-dealkylation sites (N-methyl/N-ethyl adjacent to an activating group) is 1. The Balaban J connectivity index is 6.84. The summed E-state index contributed by atoms with van der Waals surface area (Å²) in [5, 5.41) is 0. The summed E-state index contributed by atoms with van der Waals surface area (Å²) >= 11 is 0. The fraction of sp³-hybridized carbons (Fsp3) is 0.905. The fourth-order valence-electron chi connectivity index (χ4n) is 3.98. The summed E-state index contributed by atoms with van der Waals surface area (Å²) in [6, 6.07) is 0. The van der Waals surface area contributed by atoms with E-state index in [1.165, 1.54) is 32.1 Å². The van der Waals surface area contributed by atoms with Crippen molar-refractivity contribution in [3.63, 3.8) is 0 Å². The molecule has 0 heterocycles. The van der Waals surface area contributed by atoms with Gasteiger partial charge >= 0.3 is 19.8 Å². The van der Waals surface area contributed by atoms with Gasteiger partial charge in [0.2, 0.25) is 0 Å². The van der Waals surface area contributed by atoms with Crippen molar-refractivity contribution in [3.8, 4) is 0 Å². The molecule has 10 heteroatoms. The zero-order chi connectivity index (χ0) is 66.2. The van der Waals surface area contributed by atoms with E-state index in [0.29, 0.717) is 6.42 Å². The summed E-state index contributed by atoms with van der Waals surface area (Å²) in [7, 11) is 0.188. The van der Waals surface area contributed by atoms with Crippen LogP contribution in [0.25, 0.3) is 0 Å². The Labute approximate surface area is 364 Å². The number of hydrogen-bond acceptors (Lipinski definition) is 7. The minimum absolute atomic E-state index is 0.178. The number of unbranched alkanes of at least 4 members (excludes halogenated alkanes) is 11. The van der Waals surface area contributed by atoms with Gasteiger partial charge in [-0.25, -0.2) is 4.57 Å². The molecule has 0 aromatic rings. The van der Waals surface area contributed by atoms with Gasteiger partial charge in [-0.15, -0.1) is 0 Å². The van der Waals surface area contributed by atoms with Crippen molar-refractivity contribution >= 4 is 19.8 Å². The third-order valence-electron chi connectivity index (χ3n) is 6.70. The van der Waals surface area contributed by atoms with Crippen molar-refractivity contribution in [2.75, 3.05) is 47.5 Å². The molecule has 0 spiro atoms. The number of carbonyl (C=O) groups is 2. The maximum atomic E-state index is 13.5. The molecule has 0 radical (unpaired) electrons. The number of phosphoric acid groups is 1. The smallest absolute Gasteiger partial charge is 0.462 e. The maximum absolute atomic E-state index is 13.5. The molecule has 0 rings (SSSR count). The van der Waals surface area contributed by atoms with Crippen LogP contribution in [-0.2, 0) is 32.7 Å². The minimum Gasteiger partial charge on any atom is -0.462 e. The lowest BCUT2D eigenvalue weighted by molar-refractivity contribution is -0.870. The van der Waals surface area contributed by atoms with Crippen molar-refractivity contribution in [1.29, 1.82) is 0 Å². The molecule has 1 unspecified atom stereocenters. The van der Waals surface area contributed by atoms with Gasteiger partial charge in [0.25, 0.3) is 0 Å². The van der Waals surface area contributed by atoms with Gasteiger partial charge in [0.15, 0.2) is 6.10 Å². The molecule has 0 aliphatic rings. The zero-order valence-corrected chi connectivity index (χ0v) is 32.1. The topological polar surface area (TPSA) is 108 Å². The number of phosphoric ester groups is 1. The van der Waals surface area contributed by atoms with Crippen LogP contribution in [0.3, 0.4) is 0 Å². The second-order valence-electron chi connectivity index (χ2n) is 12.4. The summed E-state index contributed by atoms with van der Waals surface area (Å²) in [6.45, 7) is -4.66. The molecule has 0 aromatic heterocycles. The van der Waals surface area contributed by atoms with E-state index in [4.69, 9.17) is 61.0 Å². The van der Waals surface area contributed by atoms with Crippen LogP contribution < -0.4 is 0 Å². The molecule has 52 heavy (non-hydrogen) atoms. The van der Waals surface area contributed by atoms with Crippen LogP contribution in [-0.4, -0.2) is 74.9 Å². The molecule has 0 amide bonds. The first kappa shape index (κ1) is 19.3. The van der Waals surface area contributed by atoms with Crippen LogP contribution in [0.15, 0.2) is 12.2 Å². The number of rotatable bonds is 39. The Morgan fingerprint density at radius 2 is 1.23 bits per heavy atom. The molecule has 0 fully saturated rings. The Hall–Kier alpha value is -1.25. The standard InChI is InChI=1S/C42H82NO8P/c1-6-8-10-12-14-16-18-20-21-23-25-27-29-31-33-35-42(45)51-40(39-50-52(46,47)49-37-36-43(3,4)5)38-48-41(44)34-32-30-28-26-24-22-19-17-15-13-11-9-7-2/h20-21,40H,6-19,22-39H2,1-5H3/p+1/b21-20+/t40-/m1/s1/i2D3,7D2,9D2,11D2,13D2,15D2,17D2,19D2,22D2,24D2,26D2,28D2,30D2,32D2,34D2. The largest absolute Gasteiger partial charge is 0.472 e. The molecular formula is C42H83NO8P+. The molecule has 0 bridgehead atoms. The Bertz CT molecular complexity index is 2170. The zero-order valence-electron chi connectivity index (χ0n) is 62.2. The van der Waals surface area contributed by atoms with E-state index in [2.05, 4.69) is 19.1 Å². The third kappa shape index (κ3) is 38.5. The Kier molecular flexibility index (Phi) is 13.1. The Morgan fingerprint density at radius 1 is 0.712 bits per heavy atom. The lowest BCUT2D eigenvalue weighted by atomic mass is 10.0. The SMILES string of the molecule is [2H]C([2H])([2H])C([2H])([2H])C([2H])([2H])C([2H])([2H])C([2H])([2H])C([2H])([2H])C([2H])([2H])C([2H])([2H])C([2H])([2H])C([2H])([2H])C([2H])([2H])C([2H])([2H])C([2H])([2H])C([2H])([2H])C([2H])([2H])C(=O)OC[C@H](COP(=O)(O)OCC[N+](C)(C)C)OC(=O)CCCCCCC/C=C/CCCCCCCC. The van der Waals surface area contributed by atoms with Crippen molar-refractivity contribution in [1.82, 2.24) is 0 Å². The quantitative estimate of drug-likeness (QED) is 0.0215. The van der Waals surface area contributed by atoms with Crippen LogP contribution in [0.5, 0.6) is 0 Å². The van der Waals surface area contributed by atoms with E-state index in [1.807, 2.05) is 0 Å². The van der Waals surface area contributed by atoms with Gasteiger partial charge in [-0.3, -0.25) is 18.6 Å². The first-order valence-electron chi connectivity index (χ1n) is 33.1. The first-order chi connectivity index (χ1) is 36.7. The van der Waals surface area contributed by atoms with E-state index < -0.39 is 135 Å². The highest BCUT2D eigenvalue weighted by molar-refractivity contribution is 7.47. The van der Waals surface area contributed by atoms with Crippen LogP contribution in [0.2, 0.25) is 0 Å². The summed E-state index contributed by atoms with van der Waals surface area (Å²) in [5.74, 6) is -3.49. The monoisotopic (exact) mass is 792 g/mol. The van der Waals surface area contributed by atoms with Crippen molar-refractivity contribution < 1.29 is 84.5 Å². The molecule has 0 saturated carbocycles. The van der Waals surface area contributed by atoms with Gasteiger partial charge in [0, 0.05) is 55.3 Å². The van der Waals surface area contributed by atoms with Gasteiger partial charge in [0.1, 0.15) is 19.8 Å². The average molecular weight is 792 g/mol. The lowest BCUT2D eigenvalue weighted by Gasteiger charge is -2.24.